The monoisotopic (exact) mass is 300 g/mol. The Bertz CT molecular complexity index is 430. The molecule has 0 aliphatic heterocycles. The van der Waals surface area contributed by atoms with Crippen LogP contribution in [0, 0.1) is 0 Å². The number of hydrogen-bond acceptors (Lipinski definition) is 2. The lowest BCUT2D eigenvalue weighted by Gasteiger charge is -2.19. The highest BCUT2D eigenvalue weighted by molar-refractivity contribution is 9.10. The van der Waals surface area contributed by atoms with E-state index < -0.39 is 0 Å². The quantitative estimate of drug-likeness (QED) is 0.872. The Morgan fingerprint density at radius 1 is 1.53 bits per heavy atom. The molecule has 1 saturated carbocycles. The molecule has 0 unspecified atom stereocenters. The maximum Gasteiger partial charge on any atom is 0.291 e. The molecule has 0 saturated heterocycles. The van der Waals surface area contributed by atoms with E-state index in [-0.39, 0.29) is 11.5 Å². The minimum atomic E-state index is -0.385. The molecule has 4 nitrogen and oxygen atoms in total. The van der Waals surface area contributed by atoms with Gasteiger partial charge in [0.05, 0.1) is 5.60 Å². The molecular formula is C12H17BrN2O2. The topological polar surface area (TPSA) is 43.3 Å². The third kappa shape index (κ3) is 3.33. The number of hydrogen-bond donors (Lipinski definition) is 1. The van der Waals surface area contributed by atoms with Crippen molar-refractivity contribution >= 4 is 21.8 Å². The van der Waals surface area contributed by atoms with Gasteiger partial charge in [-0.25, -0.2) is 5.48 Å². The summed E-state index contributed by atoms with van der Waals surface area (Å²) >= 11 is 3.40. The molecule has 17 heavy (non-hydrogen) atoms. The number of rotatable bonds is 3. The van der Waals surface area contributed by atoms with Gasteiger partial charge >= 0.3 is 0 Å². The maximum absolute atomic E-state index is 12.0. The van der Waals surface area contributed by atoms with Crippen LogP contribution in [0.2, 0.25) is 0 Å². The summed E-state index contributed by atoms with van der Waals surface area (Å²) in [5.41, 5.74) is 2.75. The zero-order chi connectivity index (χ0) is 12.6. The number of nitrogens with zero attached hydrogens (tertiary/aromatic N) is 1. The van der Waals surface area contributed by atoms with Gasteiger partial charge in [-0.05, 0) is 55.6 Å². The van der Waals surface area contributed by atoms with Crippen LogP contribution in [0.3, 0.4) is 0 Å². The van der Waals surface area contributed by atoms with Crippen LogP contribution in [0.15, 0.2) is 16.7 Å². The van der Waals surface area contributed by atoms with Crippen LogP contribution in [-0.2, 0) is 4.84 Å². The molecule has 1 N–H and O–H groups in total. The second kappa shape index (κ2) is 4.46. The average Bonchev–Trinajstić information content (AvgIpc) is 2.97. The predicted octanol–water partition coefficient (Wildman–Crippen LogP) is 3.05. The van der Waals surface area contributed by atoms with E-state index in [1.807, 2.05) is 37.6 Å². The van der Waals surface area contributed by atoms with Gasteiger partial charge in [-0.2, -0.15) is 0 Å². The molecule has 1 aromatic rings. The fraction of sp³-hybridized carbons (Fsp3) is 0.583. The zero-order valence-electron chi connectivity index (χ0n) is 10.3. The van der Waals surface area contributed by atoms with Crippen molar-refractivity contribution in [2.24, 2.45) is 0 Å². The van der Waals surface area contributed by atoms with E-state index in [2.05, 4.69) is 21.4 Å². The Morgan fingerprint density at radius 2 is 2.18 bits per heavy atom. The predicted molar refractivity (Wildman–Crippen MR) is 68.7 cm³/mol. The van der Waals surface area contributed by atoms with Crippen molar-refractivity contribution in [1.29, 1.82) is 0 Å². The number of hydroxylamine groups is 1. The molecule has 1 heterocycles. The standard InChI is InChI=1S/C12H17BrN2O2/c1-12(2,3)17-14-11(16)10-6-8(13)7-15(10)9-4-5-9/h6-7,9H,4-5H2,1-3H3,(H,14,16). The van der Waals surface area contributed by atoms with Gasteiger partial charge in [0.2, 0.25) is 0 Å². The van der Waals surface area contributed by atoms with Gasteiger partial charge in [-0.15, -0.1) is 0 Å². The van der Waals surface area contributed by atoms with Gasteiger partial charge in [-0.3, -0.25) is 9.63 Å². The maximum atomic E-state index is 12.0. The fourth-order valence-corrected chi connectivity index (χ4v) is 1.97. The number of carbonyl (C=O) groups excluding carboxylic acids is 1. The van der Waals surface area contributed by atoms with Gasteiger partial charge in [0, 0.05) is 16.7 Å². The first-order valence-corrected chi connectivity index (χ1v) is 6.52. The van der Waals surface area contributed by atoms with Crippen LogP contribution >= 0.6 is 15.9 Å². The molecule has 0 spiro atoms. The van der Waals surface area contributed by atoms with Gasteiger partial charge < -0.3 is 4.57 Å². The van der Waals surface area contributed by atoms with Crippen molar-refractivity contribution in [1.82, 2.24) is 10.0 Å². The summed E-state index contributed by atoms with van der Waals surface area (Å²) in [5, 5.41) is 0. The summed E-state index contributed by atoms with van der Waals surface area (Å²) in [4.78, 5) is 17.3. The van der Waals surface area contributed by atoms with Crippen molar-refractivity contribution in [2.45, 2.75) is 45.3 Å². The summed E-state index contributed by atoms with van der Waals surface area (Å²) < 4.78 is 2.93. The van der Waals surface area contributed by atoms with E-state index in [0.717, 1.165) is 17.3 Å². The second-order valence-electron chi connectivity index (χ2n) is 5.33. The van der Waals surface area contributed by atoms with Gasteiger partial charge in [0.1, 0.15) is 5.69 Å². The summed E-state index contributed by atoms with van der Waals surface area (Å²) in [6.45, 7) is 5.68. The van der Waals surface area contributed by atoms with E-state index in [1.165, 1.54) is 0 Å². The second-order valence-corrected chi connectivity index (χ2v) is 6.24. The minimum Gasteiger partial charge on any atom is -0.339 e. The molecule has 1 aliphatic rings. The van der Waals surface area contributed by atoms with E-state index in [9.17, 15) is 4.79 Å². The summed E-state index contributed by atoms with van der Waals surface area (Å²) in [5.74, 6) is -0.197. The number of nitrogens with one attached hydrogen (secondary N) is 1. The number of aromatic nitrogens is 1. The molecule has 2 rings (SSSR count). The molecule has 0 bridgehead atoms. The number of carbonyl (C=O) groups is 1. The van der Waals surface area contributed by atoms with Crippen LogP contribution < -0.4 is 5.48 Å². The van der Waals surface area contributed by atoms with Crippen molar-refractivity contribution in [3.8, 4) is 0 Å². The molecule has 0 radical (unpaired) electrons. The van der Waals surface area contributed by atoms with Crippen LogP contribution in [0.25, 0.3) is 0 Å². The first-order chi connectivity index (χ1) is 7.87. The smallest absolute Gasteiger partial charge is 0.291 e. The van der Waals surface area contributed by atoms with Crippen LogP contribution in [-0.4, -0.2) is 16.1 Å². The summed E-state index contributed by atoms with van der Waals surface area (Å²) in [7, 11) is 0. The third-order valence-corrected chi connectivity index (χ3v) is 2.87. The van der Waals surface area contributed by atoms with Crippen LogP contribution in [0.5, 0.6) is 0 Å². The molecule has 1 amide bonds. The first-order valence-electron chi connectivity index (χ1n) is 5.72. The minimum absolute atomic E-state index is 0.197. The highest BCUT2D eigenvalue weighted by Gasteiger charge is 2.28. The highest BCUT2D eigenvalue weighted by atomic mass is 79.9. The molecule has 5 heteroatoms. The van der Waals surface area contributed by atoms with Crippen molar-refractivity contribution < 1.29 is 9.63 Å². The Kier molecular flexibility index (Phi) is 3.32. The Morgan fingerprint density at radius 3 is 2.71 bits per heavy atom. The lowest BCUT2D eigenvalue weighted by molar-refractivity contribution is -0.0593. The molecule has 1 aliphatic carbocycles. The van der Waals surface area contributed by atoms with E-state index in [1.54, 1.807) is 0 Å². The van der Waals surface area contributed by atoms with E-state index in [0.29, 0.717) is 11.7 Å². The normalized spacial score (nSPS) is 16.0. The fourth-order valence-electron chi connectivity index (χ4n) is 1.53. The third-order valence-electron chi connectivity index (χ3n) is 2.44. The highest BCUT2D eigenvalue weighted by Crippen LogP contribution is 2.37. The summed E-state index contributed by atoms with van der Waals surface area (Å²) in [6.07, 6.45) is 4.23. The molecule has 0 aromatic carbocycles. The van der Waals surface area contributed by atoms with E-state index >= 15 is 0 Å². The zero-order valence-corrected chi connectivity index (χ0v) is 11.9. The van der Waals surface area contributed by atoms with Gasteiger partial charge in [0.15, 0.2) is 0 Å². The Hall–Kier alpha value is -0.810. The largest absolute Gasteiger partial charge is 0.339 e. The van der Waals surface area contributed by atoms with Crippen molar-refractivity contribution in [3.05, 3.63) is 22.4 Å². The van der Waals surface area contributed by atoms with Crippen LogP contribution in [0.4, 0.5) is 0 Å². The molecule has 94 valence electrons. The van der Waals surface area contributed by atoms with Crippen LogP contribution in [0.1, 0.15) is 50.1 Å². The Balaban J connectivity index is 2.08. The first kappa shape index (κ1) is 12.6. The molecule has 1 fully saturated rings. The molecule has 1 aromatic heterocycles. The SMILES string of the molecule is CC(C)(C)ONC(=O)c1cc(Br)cn1C1CC1. The lowest BCUT2D eigenvalue weighted by Crippen LogP contribution is -2.34. The number of amides is 1. The van der Waals surface area contributed by atoms with Gasteiger partial charge in [0.25, 0.3) is 5.91 Å². The lowest BCUT2D eigenvalue weighted by atomic mass is 10.2. The molecular weight excluding hydrogens is 284 g/mol. The Labute approximate surface area is 109 Å². The van der Waals surface area contributed by atoms with Gasteiger partial charge in [-0.1, -0.05) is 0 Å². The summed E-state index contributed by atoms with van der Waals surface area (Å²) in [6, 6.07) is 2.29. The number of halogens is 1. The average molecular weight is 301 g/mol. The van der Waals surface area contributed by atoms with Crippen molar-refractivity contribution in [3.63, 3.8) is 0 Å². The molecule has 0 atom stereocenters. The van der Waals surface area contributed by atoms with E-state index in [4.69, 9.17) is 4.84 Å². The van der Waals surface area contributed by atoms with Crippen molar-refractivity contribution in [2.75, 3.05) is 0 Å².